The zero-order chi connectivity index (χ0) is 29.8. The standard InChI is InChI=1S/C32H33ClN4O5/c1-21(2)29(31(40)34-24-11-13-25(14-12-24)35-15-17-42-18-16-35)37(19-22-7-9-23(33)10-8-22)28(38)20-36-27-6-4-3-5-26(27)30(39)32(36)41/h3-14,21,29H,15-20H2,1-2H3,(H,34,40). The first-order valence-corrected chi connectivity index (χ1v) is 14.3. The van der Waals surface area contributed by atoms with Gasteiger partial charge in [0.15, 0.2) is 0 Å². The molecule has 1 fully saturated rings. The summed E-state index contributed by atoms with van der Waals surface area (Å²) in [4.78, 5) is 58.0. The second-order valence-corrected chi connectivity index (χ2v) is 11.1. The molecule has 1 unspecified atom stereocenters. The number of Topliss-reactive ketones (excluding diaryl/α,β-unsaturated/α-hetero) is 1. The van der Waals surface area contributed by atoms with Crippen molar-refractivity contribution < 1.29 is 23.9 Å². The van der Waals surface area contributed by atoms with Crippen LogP contribution in [-0.4, -0.2) is 67.3 Å². The minimum Gasteiger partial charge on any atom is -0.378 e. The Balaban J connectivity index is 1.39. The average molecular weight is 589 g/mol. The third-order valence-electron chi connectivity index (χ3n) is 7.51. The average Bonchev–Trinajstić information content (AvgIpc) is 3.23. The zero-order valence-electron chi connectivity index (χ0n) is 23.6. The van der Waals surface area contributed by atoms with Crippen LogP contribution in [0.15, 0.2) is 72.8 Å². The fourth-order valence-electron chi connectivity index (χ4n) is 5.36. The number of hydrogen-bond acceptors (Lipinski definition) is 6. The molecule has 3 aromatic carbocycles. The molecule has 10 heteroatoms. The number of anilines is 3. The van der Waals surface area contributed by atoms with E-state index in [0.717, 1.165) is 24.3 Å². The SMILES string of the molecule is CC(C)C(C(=O)Nc1ccc(N2CCOCC2)cc1)N(Cc1ccc(Cl)cc1)C(=O)CN1C(=O)C(=O)c2ccccc21. The zero-order valence-corrected chi connectivity index (χ0v) is 24.3. The molecule has 3 aromatic rings. The number of morpholine rings is 1. The third-order valence-corrected chi connectivity index (χ3v) is 7.76. The van der Waals surface area contributed by atoms with Gasteiger partial charge in [-0.3, -0.25) is 24.1 Å². The van der Waals surface area contributed by atoms with Crippen LogP contribution in [0.2, 0.25) is 5.02 Å². The van der Waals surface area contributed by atoms with Crippen molar-refractivity contribution in [2.45, 2.75) is 26.4 Å². The summed E-state index contributed by atoms with van der Waals surface area (Å²) in [5.41, 5.74) is 3.07. The Kier molecular flexibility index (Phi) is 8.89. The molecule has 218 valence electrons. The molecule has 1 N–H and O–H groups in total. The minimum absolute atomic E-state index is 0.111. The normalized spacial score (nSPS) is 15.5. The van der Waals surface area contributed by atoms with E-state index in [1.807, 2.05) is 38.1 Å². The Labute approximate surface area is 250 Å². The Morgan fingerprint density at radius 1 is 0.952 bits per heavy atom. The molecule has 0 aliphatic carbocycles. The van der Waals surface area contributed by atoms with Gasteiger partial charge in [0.2, 0.25) is 11.8 Å². The first kappa shape index (κ1) is 29.3. The summed E-state index contributed by atoms with van der Waals surface area (Å²) in [6.45, 7) is 6.43. The molecule has 2 aliphatic heterocycles. The summed E-state index contributed by atoms with van der Waals surface area (Å²) >= 11 is 6.09. The van der Waals surface area contributed by atoms with E-state index in [-0.39, 0.29) is 30.5 Å². The molecule has 0 saturated carbocycles. The van der Waals surface area contributed by atoms with E-state index in [1.54, 1.807) is 48.5 Å². The number of carbonyl (C=O) groups excluding carboxylic acids is 4. The van der Waals surface area contributed by atoms with Crippen molar-refractivity contribution in [3.8, 4) is 0 Å². The monoisotopic (exact) mass is 588 g/mol. The highest BCUT2D eigenvalue weighted by atomic mass is 35.5. The number of ether oxygens (including phenoxy) is 1. The first-order valence-electron chi connectivity index (χ1n) is 14.0. The molecule has 9 nitrogen and oxygen atoms in total. The summed E-state index contributed by atoms with van der Waals surface area (Å²) in [5, 5.41) is 3.53. The van der Waals surface area contributed by atoms with Gasteiger partial charge in [-0.2, -0.15) is 0 Å². The summed E-state index contributed by atoms with van der Waals surface area (Å²) in [7, 11) is 0. The maximum Gasteiger partial charge on any atom is 0.299 e. The first-order chi connectivity index (χ1) is 20.2. The number of halogens is 1. The molecule has 5 rings (SSSR count). The van der Waals surface area contributed by atoms with Gasteiger partial charge in [0.05, 0.1) is 24.5 Å². The molecule has 2 aliphatic rings. The highest BCUT2D eigenvalue weighted by molar-refractivity contribution is 6.52. The Morgan fingerprint density at radius 2 is 1.62 bits per heavy atom. The fraction of sp³-hybridized carbons (Fsp3) is 0.312. The number of nitrogens with zero attached hydrogens (tertiary/aromatic N) is 3. The smallest absolute Gasteiger partial charge is 0.299 e. The number of hydrogen-bond donors (Lipinski definition) is 1. The quantitative estimate of drug-likeness (QED) is 0.372. The fourth-order valence-corrected chi connectivity index (χ4v) is 5.48. The van der Waals surface area contributed by atoms with Crippen LogP contribution in [0.5, 0.6) is 0 Å². The van der Waals surface area contributed by atoms with Gasteiger partial charge in [-0.15, -0.1) is 0 Å². The lowest BCUT2D eigenvalue weighted by molar-refractivity contribution is -0.140. The van der Waals surface area contributed by atoms with Crippen molar-refractivity contribution in [2.24, 2.45) is 5.92 Å². The highest BCUT2D eigenvalue weighted by Crippen LogP contribution is 2.29. The van der Waals surface area contributed by atoms with Gasteiger partial charge in [-0.25, -0.2) is 0 Å². The molecule has 1 atom stereocenters. The van der Waals surface area contributed by atoms with Crippen molar-refractivity contribution in [3.05, 3.63) is 88.9 Å². The van der Waals surface area contributed by atoms with Crippen molar-refractivity contribution >= 4 is 52.2 Å². The van der Waals surface area contributed by atoms with Crippen molar-refractivity contribution in [1.29, 1.82) is 0 Å². The molecule has 0 aromatic heterocycles. The molecule has 3 amide bonds. The van der Waals surface area contributed by atoms with Crippen LogP contribution >= 0.6 is 11.6 Å². The minimum atomic E-state index is -0.865. The van der Waals surface area contributed by atoms with Crippen LogP contribution in [0.3, 0.4) is 0 Å². The summed E-state index contributed by atoms with van der Waals surface area (Å²) in [6, 6.07) is 20.4. The van der Waals surface area contributed by atoms with Crippen molar-refractivity contribution in [3.63, 3.8) is 0 Å². The molecule has 1 saturated heterocycles. The number of para-hydroxylation sites is 1. The lowest BCUT2D eigenvalue weighted by Crippen LogP contribution is -2.53. The van der Waals surface area contributed by atoms with E-state index in [9.17, 15) is 19.2 Å². The third kappa shape index (κ3) is 6.32. The lowest BCUT2D eigenvalue weighted by atomic mass is 10.00. The molecule has 0 bridgehead atoms. The van der Waals surface area contributed by atoms with E-state index >= 15 is 0 Å². The predicted molar refractivity (Wildman–Crippen MR) is 162 cm³/mol. The van der Waals surface area contributed by atoms with Crippen LogP contribution in [0.1, 0.15) is 29.8 Å². The van der Waals surface area contributed by atoms with E-state index in [2.05, 4.69) is 10.2 Å². The number of amides is 3. The maximum atomic E-state index is 14.0. The number of nitrogens with one attached hydrogen (secondary N) is 1. The number of fused-ring (bicyclic) bond motifs is 1. The summed E-state index contributed by atoms with van der Waals surface area (Å²) in [6.07, 6.45) is 0. The van der Waals surface area contributed by atoms with Crippen LogP contribution in [0, 0.1) is 5.92 Å². The van der Waals surface area contributed by atoms with Crippen molar-refractivity contribution in [2.75, 3.05) is 48.0 Å². The van der Waals surface area contributed by atoms with Gasteiger partial charge in [-0.05, 0) is 60.0 Å². The van der Waals surface area contributed by atoms with E-state index in [4.69, 9.17) is 16.3 Å². The number of rotatable bonds is 9. The van der Waals surface area contributed by atoms with Crippen LogP contribution in [-0.2, 0) is 25.7 Å². The molecule has 0 radical (unpaired) electrons. The van der Waals surface area contributed by atoms with E-state index in [0.29, 0.717) is 29.6 Å². The Morgan fingerprint density at radius 3 is 2.29 bits per heavy atom. The summed E-state index contributed by atoms with van der Waals surface area (Å²) < 4.78 is 5.43. The number of carbonyl (C=O) groups is 4. The molecule has 42 heavy (non-hydrogen) atoms. The number of benzene rings is 3. The van der Waals surface area contributed by atoms with Gasteiger partial charge < -0.3 is 19.9 Å². The summed E-state index contributed by atoms with van der Waals surface area (Å²) in [5.74, 6) is -2.49. The molecule has 0 spiro atoms. The predicted octanol–water partition coefficient (Wildman–Crippen LogP) is 4.40. The molecule has 2 heterocycles. The second kappa shape index (κ2) is 12.8. The van der Waals surface area contributed by atoms with Crippen LogP contribution in [0.25, 0.3) is 0 Å². The maximum absolute atomic E-state index is 14.0. The van der Waals surface area contributed by atoms with Crippen molar-refractivity contribution in [1.82, 2.24) is 4.90 Å². The van der Waals surface area contributed by atoms with E-state index in [1.165, 1.54) is 9.80 Å². The second-order valence-electron chi connectivity index (χ2n) is 10.7. The number of ketones is 1. The largest absolute Gasteiger partial charge is 0.378 e. The van der Waals surface area contributed by atoms with Gasteiger partial charge in [0.1, 0.15) is 12.6 Å². The Hall–Kier alpha value is -4.21. The highest BCUT2D eigenvalue weighted by Gasteiger charge is 2.39. The van der Waals surface area contributed by atoms with Crippen LogP contribution < -0.4 is 15.1 Å². The van der Waals surface area contributed by atoms with Gasteiger partial charge in [-0.1, -0.05) is 49.7 Å². The lowest BCUT2D eigenvalue weighted by Gasteiger charge is -2.35. The molecular weight excluding hydrogens is 556 g/mol. The van der Waals surface area contributed by atoms with Gasteiger partial charge in [0, 0.05) is 36.0 Å². The van der Waals surface area contributed by atoms with Gasteiger partial charge >= 0.3 is 0 Å². The topological polar surface area (TPSA) is 99.3 Å². The van der Waals surface area contributed by atoms with Gasteiger partial charge in [0.25, 0.3) is 11.7 Å². The van der Waals surface area contributed by atoms with Crippen LogP contribution in [0.4, 0.5) is 17.1 Å². The Bertz CT molecular complexity index is 1470. The molecular formula is C32H33ClN4O5. The van der Waals surface area contributed by atoms with E-state index < -0.39 is 23.6 Å².